The van der Waals surface area contributed by atoms with Gasteiger partial charge in [-0.1, -0.05) is 42.5 Å². The van der Waals surface area contributed by atoms with Crippen LogP contribution in [0, 0.1) is 0 Å². The molecule has 0 saturated carbocycles. The maximum absolute atomic E-state index is 12.7. The molecule has 0 aliphatic rings. The van der Waals surface area contributed by atoms with Crippen molar-refractivity contribution in [3.05, 3.63) is 65.9 Å². The van der Waals surface area contributed by atoms with Crippen molar-refractivity contribution in [2.24, 2.45) is 0 Å². The Hall–Kier alpha value is -3.08. The predicted octanol–water partition coefficient (Wildman–Crippen LogP) is 4.23. The SMILES string of the molecule is CCOC(=O)Nc1c(C(=O)c2ccccc2)oc2ccccc12. The highest BCUT2D eigenvalue weighted by molar-refractivity contribution is 6.16. The molecule has 0 saturated heterocycles. The molecular weight excluding hydrogens is 294 g/mol. The molecule has 0 radical (unpaired) electrons. The lowest BCUT2D eigenvalue weighted by Gasteiger charge is -2.05. The molecule has 1 aromatic heterocycles. The summed E-state index contributed by atoms with van der Waals surface area (Å²) in [7, 11) is 0. The molecule has 2 aromatic carbocycles. The van der Waals surface area contributed by atoms with Crippen molar-refractivity contribution in [2.75, 3.05) is 11.9 Å². The molecule has 1 N–H and O–H groups in total. The van der Waals surface area contributed by atoms with Gasteiger partial charge in [-0.25, -0.2) is 4.79 Å². The van der Waals surface area contributed by atoms with Crippen LogP contribution in [0.15, 0.2) is 59.0 Å². The van der Waals surface area contributed by atoms with Crippen LogP contribution in [0.2, 0.25) is 0 Å². The van der Waals surface area contributed by atoms with Gasteiger partial charge in [0.2, 0.25) is 5.78 Å². The number of amides is 1. The lowest BCUT2D eigenvalue weighted by atomic mass is 10.1. The number of nitrogens with one attached hydrogen (secondary N) is 1. The van der Waals surface area contributed by atoms with Gasteiger partial charge in [0.15, 0.2) is 5.76 Å². The molecule has 23 heavy (non-hydrogen) atoms. The quantitative estimate of drug-likeness (QED) is 0.732. The van der Waals surface area contributed by atoms with Crippen molar-refractivity contribution in [1.82, 2.24) is 0 Å². The van der Waals surface area contributed by atoms with Gasteiger partial charge < -0.3 is 9.15 Å². The van der Waals surface area contributed by atoms with E-state index in [9.17, 15) is 9.59 Å². The summed E-state index contributed by atoms with van der Waals surface area (Å²) < 4.78 is 10.6. The van der Waals surface area contributed by atoms with E-state index in [4.69, 9.17) is 9.15 Å². The molecule has 5 nitrogen and oxygen atoms in total. The molecule has 0 aliphatic carbocycles. The number of furan rings is 1. The molecule has 0 bridgehead atoms. The molecule has 0 fully saturated rings. The maximum atomic E-state index is 12.7. The monoisotopic (exact) mass is 309 g/mol. The lowest BCUT2D eigenvalue weighted by molar-refractivity contribution is 0.101. The number of para-hydroxylation sites is 1. The molecular formula is C18H15NO4. The molecule has 3 aromatic rings. The highest BCUT2D eigenvalue weighted by Crippen LogP contribution is 2.32. The van der Waals surface area contributed by atoms with Gasteiger partial charge in [0.05, 0.1) is 6.61 Å². The van der Waals surface area contributed by atoms with E-state index in [1.165, 1.54) is 0 Å². The first-order chi connectivity index (χ1) is 11.2. The van der Waals surface area contributed by atoms with E-state index >= 15 is 0 Å². The van der Waals surface area contributed by atoms with Crippen molar-refractivity contribution in [2.45, 2.75) is 6.92 Å². The minimum Gasteiger partial charge on any atom is -0.450 e. The third-order valence-corrected chi connectivity index (χ3v) is 3.34. The van der Waals surface area contributed by atoms with E-state index < -0.39 is 6.09 Å². The van der Waals surface area contributed by atoms with Crippen LogP contribution in [-0.2, 0) is 4.74 Å². The maximum Gasteiger partial charge on any atom is 0.411 e. The first kappa shape index (κ1) is 14.8. The zero-order chi connectivity index (χ0) is 16.2. The molecule has 3 rings (SSSR count). The van der Waals surface area contributed by atoms with Crippen molar-refractivity contribution in [3.63, 3.8) is 0 Å². The molecule has 0 unspecified atom stereocenters. The average Bonchev–Trinajstić information content (AvgIpc) is 2.94. The highest BCUT2D eigenvalue weighted by Gasteiger charge is 2.23. The second-order valence-electron chi connectivity index (χ2n) is 4.84. The van der Waals surface area contributed by atoms with Crippen molar-refractivity contribution < 1.29 is 18.7 Å². The normalized spacial score (nSPS) is 10.5. The van der Waals surface area contributed by atoms with E-state index in [1.807, 2.05) is 12.1 Å². The zero-order valence-corrected chi connectivity index (χ0v) is 12.5. The van der Waals surface area contributed by atoms with E-state index in [1.54, 1.807) is 49.4 Å². The molecule has 5 heteroatoms. The van der Waals surface area contributed by atoms with Gasteiger partial charge in [0.1, 0.15) is 11.3 Å². The van der Waals surface area contributed by atoms with Crippen LogP contribution >= 0.6 is 0 Å². The molecule has 0 atom stereocenters. The van der Waals surface area contributed by atoms with Gasteiger partial charge in [-0.2, -0.15) is 0 Å². The molecule has 0 spiro atoms. The Bertz CT molecular complexity index is 852. The van der Waals surface area contributed by atoms with Crippen molar-refractivity contribution in [1.29, 1.82) is 0 Å². The first-order valence-electron chi connectivity index (χ1n) is 7.25. The Labute approximate surface area is 132 Å². The number of anilines is 1. The lowest BCUT2D eigenvalue weighted by Crippen LogP contribution is -2.15. The Morgan fingerprint density at radius 2 is 1.74 bits per heavy atom. The number of rotatable bonds is 4. The number of benzene rings is 2. The van der Waals surface area contributed by atoms with Crippen LogP contribution in [0.1, 0.15) is 23.0 Å². The average molecular weight is 309 g/mol. The molecule has 116 valence electrons. The van der Waals surface area contributed by atoms with Crippen LogP contribution in [-0.4, -0.2) is 18.5 Å². The van der Waals surface area contributed by atoms with Gasteiger partial charge in [-0.05, 0) is 19.1 Å². The highest BCUT2D eigenvalue weighted by atomic mass is 16.5. The molecule has 1 amide bonds. The Morgan fingerprint density at radius 1 is 1.04 bits per heavy atom. The Kier molecular flexibility index (Phi) is 4.10. The number of hydrogen-bond acceptors (Lipinski definition) is 4. The van der Waals surface area contributed by atoms with E-state index in [0.717, 1.165) is 0 Å². The van der Waals surface area contributed by atoms with Crippen LogP contribution in [0.4, 0.5) is 10.5 Å². The summed E-state index contributed by atoms with van der Waals surface area (Å²) in [6.45, 7) is 1.95. The second kappa shape index (κ2) is 6.36. The van der Waals surface area contributed by atoms with Gasteiger partial charge in [0.25, 0.3) is 0 Å². The summed E-state index contributed by atoms with van der Waals surface area (Å²) >= 11 is 0. The summed E-state index contributed by atoms with van der Waals surface area (Å²) in [5.74, 6) is -0.209. The first-order valence-corrected chi connectivity index (χ1v) is 7.25. The number of ether oxygens (including phenoxy) is 1. The fourth-order valence-electron chi connectivity index (χ4n) is 2.32. The van der Waals surface area contributed by atoms with Gasteiger partial charge in [-0.3, -0.25) is 10.1 Å². The van der Waals surface area contributed by atoms with Gasteiger partial charge in [0, 0.05) is 10.9 Å². The fourth-order valence-corrected chi connectivity index (χ4v) is 2.32. The standard InChI is InChI=1S/C18H15NO4/c1-2-22-18(21)19-15-13-10-6-7-11-14(13)23-17(15)16(20)12-8-4-3-5-9-12/h3-11H,2H2,1H3,(H,19,21). The topological polar surface area (TPSA) is 68.5 Å². The summed E-state index contributed by atoms with van der Waals surface area (Å²) in [5, 5.41) is 3.26. The Balaban J connectivity index is 2.08. The summed E-state index contributed by atoms with van der Waals surface area (Å²) in [4.78, 5) is 24.5. The summed E-state index contributed by atoms with van der Waals surface area (Å²) in [6.07, 6.45) is -0.624. The van der Waals surface area contributed by atoms with Crippen molar-refractivity contribution in [3.8, 4) is 0 Å². The Morgan fingerprint density at radius 3 is 2.48 bits per heavy atom. The number of ketones is 1. The van der Waals surface area contributed by atoms with E-state index in [0.29, 0.717) is 22.2 Å². The van der Waals surface area contributed by atoms with E-state index in [2.05, 4.69) is 5.32 Å². The van der Waals surface area contributed by atoms with Crippen LogP contribution in [0.25, 0.3) is 11.0 Å². The van der Waals surface area contributed by atoms with E-state index in [-0.39, 0.29) is 18.2 Å². The smallest absolute Gasteiger partial charge is 0.411 e. The van der Waals surface area contributed by atoms with Crippen LogP contribution in [0.3, 0.4) is 0 Å². The fraction of sp³-hybridized carbons (Fsp3) is 0.111. The van der Waals surface area contributed by atoms with Gasteiger partial charge in [-0.15, -0.1) is 0 Å². The van der Waals surface area contributed by atoms with Crippen LogP contribution < -0.4 is 5.32 Å². The second-order valence-corrected chi connectivity index (χ2v) is 4.84. The van der Waals surface area contributed by atoms with Crippen LogP contribution in [0.5, 0.6) is 0 Å². The third-order valence-electron chi connectivity index (χ3n) is 3.34. The zero-order valence-electron chi connectivity index (χ0n) is 12.5. The largest absolute Gasteiger partial charge is 0.450 e. The number of carbonyl (C=O) groups excluding carboxylic acids is 2. The summed E-state index contributed by atoms with van der Waals surface area (Å²) in [5.41, 5.74) is 1.34. The van der Waals surface area contributed by atoms with Gasteiger partial charge >= 0.3 is 6.09 Å². The minimum atomic E-state index is -0.624. The number of hydrogen-bond donors (Lipinski definition) is 1. The number of fused-ring (bicyclic) bond motifs is 1. The third kappa shape index (κ3) is 2.94. The molecule has 0 aliphatic heterocycles. The predicted molar refractivity (Wildman–Crippen MR) is 86.7 cm³/mol. The number of carbonyl (C=O) groups is 2. The van der Waals surface area contributed by atoms with Crippen molar-refractivity contribution >= 4 is 28.5 Å². The minimum absolute atomic E-state index is 0.0884. The molecule has 1 heterocycles. The summed E-state index contributed by atoms with van der Waals surface area (Å²) in [6, 6.07) is 15.9.